The van der Waals surface area contributed by atoms with Gasteiger partial charge in [-0.05, 0) is 68.4 Å². The molecule has 2 fully saturated rings. The van der Waals surface area contributed by atoms with Crippen LogP contribution in [0.4, 0.5) is 5.69 Å². The number of carbonyl (C=O) groups is 1. The number of amides is 1. The predicted octanol–water partition coefficient (Wildman–Crippen LogP) is 4.37. The van der Waals surface area contributed by atoms with Crippen molar-refractivity contribution in [2.75, 3.05) is 18.5 Å². The van der Waals surface area contributed by atoms with Crippen LogP contribution in [0, 0.1) is 6.92 Å². The maximum absolute atomic E-state index is 12.8. The second kappa shape index (κ2) is 10.6. The Morgan fingerprint density at radius 3 is 2.80 bits per heavy atom. The summed E-state index contributed by atoms with van der Waals surface area (Å²) in [5.41, 5.74) is 4.03. The third kappa shape index (κ3) is 5.39. The van der Waals surface area contributed by atoms with Crippen molar-refractivity contribution in [1.82, 2.24) is 19.8 Å². The minimum atomic E-state index is -0.109. The zero-order valence-corrected chi connectivity index (χ0v) is 20.7. The molecule has 2 saturated heterocycles. The van der Waals surface area contributed by atoms with E-state index in [2.05, 4.69) is 43.4 Å². The number of hydrogen-bond acceptors (Lipinski definition) is 4. The van der Waals surface area contributed by atoms with Crippen molar-refractivity contribution in [2.45, 2.75) is 50.9 Å². The largest absolute Gasteiger partial charge is 0.376 e. The standard InChI is InChI=1S/C27H31N5O2S/c1-19-9-11-20(12-10-19)29-24(33)13-16-32-26(25(30-27(32)35)22-7-2-3-14-28-22)23-8-4-15-31(23)18-21-6-5-17-34-21/h2-4,7-12,14-15,21,25-26H,5-6,13,16-18H2,1H3,(H,29,33)(H,30,35)/t21-,25-,26+/m0/s1. The number of aromatic nitrogens is 2. The number of rotatable bonds is 8. The van der Waals surface area contributed by atoms with Gasteiger partial charge in [-0.1, -0.05) is 23.8 Å². The minimum absolute atomic E-state index is 0.0357. The maximum atomic E-state index is 12.8. The molecular weight excluding hydrogens is 458 g/mol. The highest BCUT2D eigenvalue weighted by Crippen LogP contribution is 2.39. The normalized spacial score (nSPS) is 21.8. The van der Waals surface area contributed by atoms with Gasteiger partial charge in [0.05, 0.1) is 23.9 Å². The fourth-order valence-electron chi connectivity index (χ4n) is 4.92. The number of hydrogen-bond donors (Lipinski definition) is 2. The Bertz CT molecular complexity index is 1160. The fourth-order valence-corrected chi connectivity index (χ4v) is 5.25. The second-order valence-corrected chi connectivity index (χ2v) is 9.59. The van der Waals surface area contributed by atoms with E-state index in [9.17, 15) is 4.79 Å². The second-order valence-electron chi connectivity index (χ2n) is 9.20. The van der Waals surface area contributed by atoms with E-state index in [1.54, 1.807) is 6.20 Å². The topological polar surface area (TPSA) is 71.4 Å². The van der Waals surface area contributed by atoms with Crippen molar-refractivity contribution in [1.29, 1.82) is 0 Å². The van der Waals surface area contributed by atoms with Gasteiger partial charge in [-0.2, -0.15) is 0 Å². The van der Waals surface area contributed by atoms with Crippen molar-refractivity contribution in [2.24, 2.45) is 0 Å². The number of ether oxygens (including phenoxy) is 1. The fraction of sp³-hybridized carbons (Fsp3) is 0.370. The third-order valence-electron chi connectivity index (χ3n) is 6.70. The molecule has 35 heavy (non-hydrogen) atoms. The number of nitrogens with zero attached hydrogens (tertiary/aromatic N) is 3. The average Bonchev–Trinajstić information content (AvgIpc) is 3.61. The number of anilines is 1. The van der Waals surface area contributed by atoms with Gasteiger partial charge in [-0.15, -0.1) is 0 Å². The molecule has 0 bridgehead atoms. The molecule has 2 aliphatic heterocycles. The first-order valence-electron chi connectivity index (χ1n) is 12.2. The lowest BCUT2D eigenvalue weighted by molar-refractivity contribution is -0.116. The van der Waals surface area contributed by atoms with Gasteiger partial charge >= 0.3 is 0 Å². The van der Waals surface area contributed by atoms with E-state index in [1.807, 2.05) is 49.4 Å². The van der Waals surface area contributed by atoms with Crippen molar-refractivity contribution < 1.29 is 9.53 Å². The van der Waals surface area contributed by atoms with Crippen LogP contribution < -0.4 is 10.6 Å². The van der Waals surface area contributed by atoms with Gasteiger partial charge in [0, 0.05) is 49.9 Å². The van der Waals surface area contributed by atoms with Crippen LogP contribution in [0.1, 0.15) is 48.3 Å². The summed E-state index contributed by atoms with van der Waals surface area (Å²) in [4.78, 5) is 19.5. The number of carbonyl (C=O) groups excluding carboxylic acids is 1. The van der Waals surface area contributed by atoms with Gasteiger partial charge in [-0.25, -0.2) is 0 Å². The van der Waals surface area contributed by atoms with E-state index in [0.717, 1.165) is 48.6 Å². The first-order valence-corrected chi connectivity index (χ1v) is 12.6. The van der Waals surface area contributed by atoms with E-state index < -0.39 is 0 Å². The summed E-state index contributed by atoms with van der Waals surface area (Å²) >= 11 is 5.77. The molecule has 7 nitrogen and oxygen atoms in total. The van der Waals surface area contributed by atoms with Crippen LogP contribution >= 0.6 is 12.2 Å². The Morgan fingerprint density at radius 2 is 2.06 bits per heavy atom. The Morgan fingerprint density at radius 1 is 1.20 bits per heavy atom. The van der Waals surface area contributed by atoms with Crippen molar-refractivity contribution in [3.05, 3.63) is 83.9 Å². The summed E-state index contributed by atoms with van der Waals surface area (Å²) < 4.78 is 8.17. The molecule has 2 N–H and O–H groups in total. The molecule has 8 heteroatoms. The van der Waals surface area contributed by atoms with Gasteiger partial charge in [0.2, 0.25) is 5.91 Å². The molecule has 0 saturated carbocycles. The summed E-state index contributed by atoms with van der Waals surface area (Å²) in [6.45, 7) is 4.17. The van der Waals surface area contributed by atoms with E-state index in [4.69, 9.17) is 17.0 Å². The molecule has 0 radical (unpaired) electrons. The van der Waals surface area contributed by atoms with Gasteiger partial charge in [0.15, 0.2) is 5.11 Å². The lowest BCUT2D eigenvalue weighted by Crippen LogP contribution is -2.33. The summed E-state index contributed by atoms with van der Waals surface area (Å²) in [6.07, 6.45) is 6.65. The Kier molecular flexibility index (Phi) is 7.11. The molecule has 2 aromatic heterocycles. The predicted molar refractivity (Wildman–Crippen MR) is 140 cm³/mol. The van der Waals surface area contributed by atoms with E-state index >= 15 is 0 Å². The molecule has 2 aliphatic rings. The van der Waals surface area contributed by atoms with Crippen LogP contribution in [0.2, 0.25) is 0 Å². The first kappa shape index (κ1) is 23.5. The SMILES string of the molecule is Cc1ccc(NC(=O)CCN2C(=S)N[C@@H](c3ccccn3)[C@H]2c2cccn2C[C@@H]2CCCO2)cc1. The van der Waals surface area contributed by atoms with Gasteiger partial charge in [-0.3, -0.25) is 9.78 Å². The molecule has 0 spiro atoms. The molecule has 0 unspecified atom stereocenters. The number of thiocarbonyl (C=S) groups is 1. The van der Waals surface area contributed by atoms with Crippen LogP contribution in [0.3, 0.4) is 0 Å². The van der Waals surface area contributed by atoms with Crippen molar-refractivity contribution >= 4 is 28.9 Å². The van der Waals surface area contributed by atoms with Crippen molar-refractivity contribution in [3.8, 4) is 0 Å². The van der Waals surface area contributed by atoms with E-state index in [1.165, 1.54) is 0 Å². The average molecular weight is 490 g/mol. The molecule has 1 aromatic carbocycles. The number of pyridine rings is 1. The zero-order valence-electron chi connectivity index (χ0n) is 19.9. The summed E-state index contributed by atoms with van der Waals surface area (Å²) in [6, 6.07) is 17.8. The maximum Gasteiger partial charge on any atom is 0.226 e. The highest BCUT2D eigenvalue weighted by molar-refractivity contribution is 7.80. The first-order chi connectivity index (χ1) is 17.1. The Hall–Kier alpha value is -3.23. The van der Waals surface area contributed by atoms with Crippen LogP contribution in [-0.4, -0.2) is 44.7 Å². The van der Waals surface area contributed by atoms with Crippen LogP contribution in [0.25, 0.3) is 0 Å². The number of benzene rings is 1. The minimum Gasteiger partial charge on any atom is -0.376 e. The quantitative estimate of drug-likeness (QED) is 0.458. The third-order valence-corrected chi connectivity index (χ3v) is 7.06. The molecule has 0 aliphatic carbocycles. The molecule has 182 valence electrons. The van der Waals surface area contributed by atoms with Crippen LogP contribution in [0.15, 0.2) is 67.0 Å². The monoisotopic (exact) mass is 489 g/mol. The smallest absolute Gasteiger partial charge is 0.226 e. The number of nitrogens with one attached hydrogen (secondary N) is 2. The van der Waals surface area contributed by atoms with Crippen LogP contribution in [0.5, 0.6) is 0 Å². The van der Waals surface area contributed by atoms with Gasteiger partial charge in [0.1, 0.15) is 0 Å². The molecule has 1 amide bonds. The Balaban J connectivity index is 1.36. The molecule has 3 atom stereocenters. The highest BCUT2D eigenvalue weighted by Gasteiger charge is 2.41. The molecule has 4 heterocycles. The lowest BCUT2D eigenvalue weighted by Gasteiger charge is -2.29. The van der Waals surface area contributed by atoms with Gasteiger partial charge < -0.3 is 24.8 Å². The Labute approximate surface area is 211 Å². The van der Waals surface area contributed by atoms with E-state index in [-0.39, 0.29) is 24.1 Å². The summed E-state index contributed by atoms with van der Waals surface area (Å²) in [5.74, 6) is -0.0357. The molecule has 5 rings (SSSR count). The molecular formula is C27H31N5O2S. The highest BCUT2D eigenvalue weighted by atomic mass is 32.1. The van der Waals surface area contributed by atoms with E-state index in [0.29, 0.717) is 18.1 Å². The summed E-state index contributed by atoms with van der Waals surface area (Å²) in [5, 5.41) is 7.11. The summed E-state index contributed by atoms with van der Waals surface area (Å²) in [7, 11) is 0. The van der Waals surface area contributed by atoms with Crippen molar-refractivity contribution in [3.63, 3.8) is 0 Å². The zero-order chi connectivity index (χ0) is 24.2. The number of aryl methyl sites for hydroxylation is 1. The lowest BCUT2D eigenvalue weighted by atomic mass is 10.0. The van der Waals surface area contributed by atoms with Gasteiger partial charge in [0.25, 0.3) is 0 Å². The molecule has 3 aromatic rings. The van der Waals surface area contributed by atoms with Crippen LogP contribution in [-0.2, 0) is 16.1 Å².